The summed E-state index contributed by atoms with van der Waals surface area (Å²) < 4.78 is 5.48. The van der Waals surface area contributed by atoms with E-state index in [0.29, 0.717) is 13.0 Å². The zero-order valence-electron chi connectivity index (χ0n) is 10.4. The standard InChI is InChI=1S/C11H23N3O2/c1-4-16-9-7-8(12)11(9)13-10(15)5-6-14(2)3/h8-9,11H,4-7,12H2,1-3H3,(H,13,15). The van der Waals surface area contributed by atoms with E-state index in [1.54, 1.807) is 0 Å². The van der Waals surface area contributed by atoms with Crippen LogP contribution >= 0.6 is 0 Å². The lowest BCUT2D eigenvalue weighted by Crippen LogP contribution is -2.64. The molecule has 1 amide bonds. The SMILES string of the molecule is CCOC1CC(N)C1NC(=O)CCN(C)C. The van der Waals surface area contributed by atoms with Gasteiger partial charge in [-0.2, -0.15) is 0 Å². The summed E-state index contributed by atoms with van der Waals surface area (Å²) in [6, 6.07) is 0.0365. The fourth-order valence-corrected chi connectivity index (χ4v) is 1.81. The predicted molar refractivity (Wildman–Crippen MR) is 63.1 cm³/mol. The van der Waals surface area contributed by atoms with E-state index in [1.807, 2.05) is 25.9 Å². The van der Waals surface area contributed by atoms with E-state index < -0.39 is 0 Å². The number of nitrogens with zero attached hydrogens (tertiary/aromatic N) is 1. The second-order valence-corrected chi connectivity index (χ2v) is 4.54. The number of hydrogen-bond donors (Lipinski definition) is 2. The minimum Gasteiger partial charge on any atom is -0.376 e. The lowest BCUT2D eigenvalue weighted by atomic mass is 9.83. The normalized spacial score (nSPS) is 28.9. The number of hydrogen-bond acceptors (Lipinski definition) is 4. The first-order valence-electron chi connectivity index (χ1n) is 5.85. The van der Waals surface area contributed by atoms with Crippen LogP contribution < -0.4 is 11.1 Å². The van der Waals surface area contributed by atoms with Gasteiger partial charge in [-0.25, -0.2) is 0 Å². The second kappa shape index (κ2) is 6.18. The van der Waals surface area contributed by atoms with E-state index in [0.717, 1.165) is 13.0 Å². The van der Waals surface area contributed by atoms with Gasteiger partial charge in [0.2, 0.25) is 5.91 Å². The predicted octanol–water partition coefficient (Wildman–Crippen LogP) is -0.441. The quantitative estimate of drug-likeness (QED) is 0.648. The molecular formula is C11H23N3O2. The van der Waals surface area contributed by atoms with E-state index in [9.17, 15) is 4.79 Å². The van der Waals surface area contributed by atoms with E-state index in [-0.39, 0.29) is 24.1 Å². The Bertz CT molecular complexity index is 231. The summed E-state index contributed by atoms with van der Waals surface area (Å²) in [5, 5.41) is 2.94. The van der Waals surface area contributed by atoms with E-state index in [2.05, 4.69) is 5.32 Å². The molecule has 1 rings (SSSR count). The van der Waals surface area contributed by atoms with Crippen LogP contribution in [-0.4, -0.2) is 56.2 Å². The molecule has 3 N–H and O–H groups in total. The highest BCUT2D eigenvalue weighted by Gasteiger charge is 2.40. The summed E-state index contributed by atoms with van der Waals surface area (Å²) in [6.07, 6.45) is 1.45. The van der Waals surface area contributed by atoms with Crippen molar-refractivity contribution in [3.05, 3.63) is 0 Å². The summed E-state index contributed by atoms with van der Waals surface area (Å²) in [6.45, 7) is 3.38. The number of nitrogens with one attached hydrogen (secondary N) is 1. The second-order valence-electron chi connectivity index (χ2n) is 4.54. The lowest BCUT2D eigenvalue weighted by molar-refractivity contribution is -0.126. The lowest BCUT2D eigenvalue weighted by Gasteiger charge is -2.42. The van der Waals surface area contributed by atoms with Crippen molar-refractivity contribution >= 4 is 5.91 Å². The van der Waals surface area contributed by atoms with E-state index >= 15 is 0 Å². The zero-order valence-corrected chi connectivity index (χ0v) is 10.4. The average molecular weight is 229 g/mol. The van der Waals surface area contributed by atoms with Crippen molar-refractivity contribution in [2.24, 2.45) is 5.73 Å². The van der Waals surface area contributed by atoms with Gasteiger partial charge in [0.15, 0.2) is 0 Å². The first-order valence-corrected chi connectivity index (χ1v) is 5.85. The largest absolute Gasteiger partial charge is 0.376 e. The average Bonchev–Trinajstić information content (AvgIpc) is 2.23. The summed E-state index contributed by atoms with van der Waals surface area (Å²) >= 11 is 0. The highest BCUT2D eigenvalue weighted by molar-refractivity contribution is 5.76. The Morgan fingerprint density at radius 3 is 2.75 bits per heavy atom. The smallest absolute Gasteiger partial charge is 0.221 e. The molecule has 5 heteroatoms. The Balaban J connectivity index is 2.26. The van der Waals surface area contributed by atoms with Crippen molar-refractivity contribution < 1.29 is 9.53 Å². The molecule has 0 aromatic heterocycles. The molecule has 0 saturated heterocycles. The van der Waals surface area contributed by atoms with Crippen LogP contribution in [0.3, 0.4) is 0 Å². The first kappa shape index (κ1) is 13.4. The number of ether oxygens (including phenoxy) is 1. The van der Waals surface area contributed by atoms with Crippen LogP contribution in [0.25, 0.3) is 0 Å². The molecule has 3 atom stereocenters. The minimum atomic E-state index is -0.00499. The van der Waals surface area contributed by atoms with Gasteiger partial charge in [0, 0.05) is 25.6 Å². The Hall–Kier alpha value is -0.650. The maximum absolute atomic E-state index is 11.6. The summed E-state index contributed by atoms with van der Waals surface area (Å²) in [7, 11) is 3.90. The number of carbonyl (C=O) groups is 1. The molecule has 0 aromatic rings. The Morgan fingerprint density at radius 1 is 1.56 bits per heavy atom. The summed E-state index contributed by atoms with van der Waals surface area (Å²) in [4.78, 5) is 13.6. The van der Waals surface area contributed by atoms with Gasteiger partial charge in [0.05, 0.1) is 12.1 Å². The minimum absolute atomic E-state index is 0.00499. The molecule has 3 unspecified atom stereocenters. The van der Waals surface area contributed by atoms with E-state index in [4.69, 9.17) is 10.5 Å². The molecule has 1 saturated carbocycles. The van der Waals surface area contributed by atoms with Crippen molar-refractivity contribution in [2.45, 2.75) is 38.0 Å². The van der Waals surface area contributed by atoms with Gasteiger partial charge in [0.25, 0.3) is 0 Å². The molecule has 0 aromatic carbocycles. The molecule has 94 valence electrons. The van der Waals surface area contributed by atoms with Gasteiger partial charge in [-0.3, -0.25) is 4.79 Å². The summed E-state index contributed by atoms with van der Waals surface area (Å²) in [5.41, 5.74) is 5.84. The third-order valence-corrected chi connectivity index (χ3v) is 2.86. The molecule has 1 aliphatic rings. The van der Waals surface area contributed by atoms with Crippen molar-refractivity contribution in [1.29, 1.82) is 0 Å². The van der Waals surface area contributed by atoms with Crippen molar-refractivity contribution in [3.63, 3.8) is 0 Å². The van der Waals surface area contributed by atoms with Gasteiger partial charge < -0.3 is 20.7 Å². The molecule has 5 nitrogen and oxygen atoms in total. The summed E-state index contributed by atoms with van der Waals surface area (Å²) in [5.74, 6) is 0.0542. The van der Waals surface area contributed by atoms with Crippen LogP contribution in [-0.2, 0) is 9.53 Å². The molecular weight excluding hydrogens is 206 g/mol. The van der Waals surface area contributed by atoms with Crippen LogP contribution in [0.5, 0.6) is 0 Å². The number of carbonyl (C=O) groups excluding carboxylic acids is 1. The van der Waals surface area contributed by atoms with Crippen molar-refractivity contribution in [1.82, 2.24) is 10.2 Å². The number of nitrogens with two attached hydrogens (primary N) is 1. The Labute approximate surface area is 97.3 Å². The third kappa shape index (κ3) is 3.73. The van der Waals surface area contributed by atoms with Crippen molar-refractivity contribution in [2.75, 3.05) is 27.2 Å². The van der Waals surface area contributed by atoms with Gasteiger partial charge in [-0.15, -0.1) is 0 Å². The number of rotatable bonds is 6. The van der Waals surface area contributed by atoms with Gasteiger partial charge in [0.1, 0.15) is 0 Å². The third-order valence-electron chi connectivity index (χ3n) is 2.86. The van der Waals surface area contributed by atoms with Crippen molar-refractivity contribution in [3.8, 4) is 0 Å². The fourth-order valence-electron chi connectivity index (χ4n) is 1.81. The van der Waals surface area contributed by atoms with Gasteiger partial charge in [-0.05, 0) is 27.4 Å². The van der Waals surface area contributed by atoms with Crippen LogP contribution in [0, 0.1) is 0 Å². The maximum atomic E-state index is 11.6. The topological polar surface area (TPSA) is 67.6 Å². The zero-order chi connectivity index (χ0) is 12.1. The molecule has 16 heavy (non-hydrogen) atoms. The van der Waals surface area contributed by atoms with Crippen LogP contribution in [0.2, 0.25) is 0 Å². The fraction of sp³-hybridized carbons (Fsp3) is 0.909. The van der Waals surface area contributed by atoms with Crippen LogP contribution in [0.15, 0.2) is 0 Å². The molecule has 0 bridgehead atoms. The van der Waals surface area contributed by atoms with Gasteiger partial charge >= 0.3 is 0 Å². The van der Waals surface area contributed by atoms with Gasteiger partial charge in [-0.1, -0.05) is 0 Å². The Morgan fingerprint density at radius 2 is 2.25 bits per heavy atom. The van der Waals surface area contributed by atoms with E-state index in [1.165, 1.54) is 0 Å². The van der Waals surface area contributed by atoms with Crippen LogP contribution in [0.4, 0.5) is 0 Å². The Kier molecular flexibility index (Phi) is 5.18. The highest BCUT2D eigenvalue weighted by Crippen LogP contribution is 2.22. The highest BCUT2D eigenvalue weighted by atomic mass is 16.5. The maximum Gasteiger partial charge on any atom is 0.221 e. The molecule has 1 aliphatic carbocycles. The molecule has 1 fully saturated rings. The molecule has 0 aliphatic heterocycles. The molecule has 0 heterocycles. The van der Waals surface area contributed by atoms with Crippen LogP contribution in [0.1, 0.15) is 19.8 Å². The first-order chi connectivity index (χ1) is 7.54. The monoisotopic (exact) mass is 229 g/mol. The number of amides is 1. The molecule has 0 spiro atoms. The molecule has 0 radical (unpaired) electrons.